The molecule has 0 radical (unpaired) electrons. The molecule has 0 unspecified atom stereocenters. The number of halogens is 2. The maximum absolute atomic E-state index is 12.1. The minimum absolute atomic E-state index is 0.197. The summed E-state index contributed by atoms with van der Waals surface area (Å²) in [5, 5.41) is 0.937. The summed E-state index contributed by atoms with van der Waals surface area (Å²) in [7, 11) is 0. The number of carbonyl (C=O) groups excluding carboxylic acids is 1. The molecule has 1 N–H and O–H groups in total. The number of carbonyl (C=O) groups is 1. The van der Waals surface area contributed by atoms with Gasteiger partial charge in [0.25, 0.3) is 0 Å². The molecular weight excluding hydrogens is 307 g/mol. The van der Waals surface area contributed by atoms with Gasteiger partial charge in [-0.3, -0.25) is 4.79 Å². The summed E-state index contributed by atoms with van der Waals surface area (Å²) in [5.41, 5.74) is 2.40. The van der Waals surface area contributed by atoms with Gasteiger partial charge < -0.3 is 4.98 Å². The number of aromatic nitrogens is 2. The number of fused-ring (bicyclic) bond motifs is 1. The normalized spacial score (nSPS) is 11.3. The number of imidazole rings is 1. The number of rotatable bonds is 3. The van der Waals surface area contributed by atoms with Crippen LogP contribution < -0.4 is 0 Å². The maximum Gasteiger partial charge on any atom is 0.221 e. The van der Waals surface area contributed by atoms with Gasteiger partial charge in [0.1, 0.15) is 0 Å². The molecule has 0 saturated heterocycles. The maximum atomic E-state index is 12.1. The van der Waals surface area contributed by atoms with Crippen molar-refractivity contribution >= 4 is 46.1 Å². The van der Waals surface area contributed by atoms with Crippen LogP contribution in [-0.2, 0) is 0 Å². The summed E-state index contributed by atoms with van der Waals surface area (Å²) in [6, 6.07) is 12.7. The second-order valence-electron chi connectivity index (χ2n) is 4.47. The van der Waals surface area contributed by atoms with E-state index < -0.39 is 0 Å². The van der Waals surface area contributed by atoms with Crippen LogP contribution in [0.15, 0.2) is 48.5 Å². The molecular formula is C16H10Cl2N2O. The highest BCUT2D eigenvalue weighted by Crippen LogP contribution is 2.23. The monoisotopic (exact) mass is 316 g/mol. The van der Waals surface area contributed by atoms with Crippen molar-refractivity contribution in [2.75, 3.05) is 0 Å². The highest BCUT2D eigenvalue weighted by atomic mass is 35.5. The molecule has 0 spiro atoms. The SMILES string of the molecule is O=C(/C=C/c1ccc(Cl)c(Cl)c1)c1nc2ccccc2[nH]1. The zero-order chi connectivity index (χ0) is 14.8. The van der Waals surface area contributed by atoms with Gasteiger partial charge in [0.15, 0.2) is 5.82 Å². The first-order valence-electron chi connectivity index (χ1n) is 6.26. The van der Waals surface area contributed by atoms with E-state index in [0.29, 0.717) is 15.9 Å². The highest BCUT2D eigenvalue weighted by molar-refractivity contribution is 6.42. The van der Waals surface area contributed by atoms with Crippen LogP contribution in [0.5, 0.6) is 0 Å². The van der Waals surface area contributed by atoms with E-state index in [-0.39, 0.29) is 5.78 Å². The molecule has 104 valence electrons. The average molecular weight is 317 g/mol. The molecule has 1 aromatic heterocycles. The number of nitrogens with one attached hydrogen (secondary N) is 1. The van der Waals surface area contributed by atoms with E-state index in [1.807, 2.05) is 24.3 Å². The Balaban J connectivity index is 1.84. The molecule has 0 saturated carbocycles. The molecule has 2 aromatic carbocycles. The van der Waals surface area contributed by atoms with Crippen LogP contribution in [0.3, 0.4) is 0 Å². The summed E-state index contributed by atoms with van der Waals surface area (Å²) in [5.74, 6) is 0.116. The van der Waals surface area contributed by atoms with Gasteiger partial charge in [0, 0.05) is 0 Å². The Morgan fingerprint density at radius 2 is 1.90 bits per heavy atom. The van der Waals surface area contributed by atoms with Gasteiger partial charge in [-0.15, -0.1) is 0 Å². The number of allylic oxidation sites excluding steroid dienone is 1. The van der Waals surface area contributed by atoms with E-state index in [9.17, 15) is 4.79 Å². The summed E-state index contributed by atoms with van der Waals surface area (Å²) in [6.07, 6.45) is 3.13. The number of H-pyrrole nitrogens is 1. The van der Waals surface area contributed by atoms with Crippen molar-refractivity contribution in [3.05, 3.63) is 70.0 Å². The van der Waals surface area contributed by atoms with E-state index in [2.05, 4.69) is 9.97 Å². The number of hydrogen-bond acceptors (Lipinski definition) is 2. The van der Waals surface area contributed by atoms with Crippen molar-refractivity contribution in [1.82, 2.24) is 9.97 Å². The van der Waals surface area contributed by atoms with Gasteiger partial charge in [-0.25, -0.2) is 4.98 Å². The fourth-order valence-corrected chi connectivity index (χ4v) is 2.24. The molecule has 1 heterocycles. The van der Waals surface area contributed by atoms with Crippen LogP contribution in [0.25, 0.3) is 17.1 Å². The Hall–Kier alpha value is -2.10. The highest BCUT2D eigenvalue weighted by Gasteiger charge is 2.08. The van der Waals surface area contributed by atoms with Gasteiger partial charge in [0.05, 0.1) is 21.1 Å². The zero-order valence-electron chi connectivity index (χ0n) is 10.8. The van der Waals surface area contributed by atoms with E-state index in [0.717, 1.165) is 16.6 Å². The van der Waals surface area contributed by atoms with Crippen LogP contribution >= 0.6 is 23.2 Å². The molecule has 0 aliphatic rings. The standard InChI is InChI=1S/C16H10Cl2N2O/c17-11-7-5-10(9-12(11)18)6-8-15(21)16-19-13-3-1-2-4-14(13)20-16/h1-9H,(H,19,20)/b8-6+. The lowest BCUT2D eigenvalue weighted by Gasteiger charge is -1.97. The Kier molecular flexibility index (Phi) is 3.78. The van der Waals surface area contributed by atoms with Crippen molar-refractivity contribution in [2.24, 2.45) is 0 Å². The van der Waals surface area contributed by atoms with Crippen molar-refractivity contribution < 1.29 is 4.79 Å². The summed E-state index contributed by atoms with van der Waals surface area (Å²) < 4.78 is 0. The lowest BCUT2D eigenvalue weighted by Crippen LogP contribution is -1.96. The fraction of sp³-hybridized carbons (Fsp3) is 0. The minimum Gasteiger partial charge on any atom is -0.335 e. The topological polar surface area (TPSA) is 45.8 Å². The molecule has 3 aromatic rings. The number of aromatic amines is 1. The predicted octanol–water partition coefficient (Wildman–Crippen LogP) is 4.77. The van der Waals surface area contributed by atoms with E-state index in [1.165, 1.54) is 6.08 Å². The van der Waals surface area contributed by atoms with Crippen LogP contribution in [0.4, 0.5) is 0 Å². The van der Waals surface area contributed by atoms with E-state index >= 15 is 0 Å². The lowest BCUT2D eigenvalue weighted by molar-refractivity contribution is 0.103. The van der Waals surface area contributed by atoms with Crippen molar-refractivity contribution in [2.45, 2.75) is 0 Å². The van der Waals surface area contributed by atoms with E-state index in [1.54, 1.807) is 24.3 Å². The summed E-state index contributed by atoms with van der Waals surface area (Å²) in [4.78, 5) is 19.3. The van der Waals surface area contributed by atoms with E-state index in [4.69, 9.17) is 23.2 Å². The Morgan fingerprint density at radius 1 is 1.10 bits per heavy atom. The quantitative estimate of drug-likeness (QED) is 0.559. The smallest absolute Gasteiger partial charge is 0.221 e. The molecule has 0 aliphatic heterocycles. The van der Waals surface area contributed by atoms with Gasteiger partial charge >= 0.3 is 0 Å². The second-order valence-corrected chi connectivity index (χ2v) is 5.29. The second kappa shape index (κ2) is 5.72. The van der Waals surface area contributed by atoms with Crippen molar-refractivity contribution in [3.8, 4) is 0 Å². The van der Waals surface area contributed by atoms with Crippen LogP contribution in [0, 0.1) is 0 Å². The lowest BCUT2D eigenvalue weighted by atomic mass is 10.2. The van der Waals surface area contributed by atoms with Crippen LogP contribution in [0.1, 0.15) is 16.2 Å². The summed E-state index contributed by atoms with van der Waals surface area (Å²) >= 11 is 11.8. The third-order valence-corrected chi connectivity index (χ3v) is 3.73. The van der Waals surface area contributed by atoms with Crippen LogP contribution in [0.2, 0.25) is 10.0 Å². The Bertz CT molecular complexity index is 819. The molecule has 0 aliphatic carbocycles. The first-order chi connectivity index (χ1) is 10.1. The van der Waals surface area contributed by atoms with Gasteiger partial charge in [-0.2, -0.15) is 0 Å². The number of ketones is 1. The third kappa shape index (κ3) is 2.99. The third-order valence-electron chi connectivity index (χ3n) is 2.99. The molecule has 3 rings (SSSR count). The molecule has 0 atom stereocenters. The Labute approximate surface area is 131 Å². The molecule has 5 heteroatoms. The van der Waals surface area contributed by atoms with Crippen molar-refractivity contribution in [3.63, 3.8) is 0 Å². The number of benzene rings is 2. The fourth-order valence-electron chi connectivity index (χ4n) is 1.94. The number of hydrogen-bond donors (Lipinski definition) is 1. The molecule has 0 amide bonds. The molecule has 21 heavy (non-hydrogen) atoms. The number of para-hydroxylation sites is 2. The van der Waals surface area contributed by atoms with Gasteiger partial charge in [-0.1, -0.05) is 47.5 Å². The molecule has 0 fully saturated rings. The van der Waals surface area contributed by atoms with Crippen molar-refractivity contribution in [1.29, 1.82) is 0 Å². The molecule has 3 nitrogen and oxygen atoms in total. The first kappa shape index (κ1) is 13.9. The summed E-state index contributed by atoms with van der Waals surface area (Å²) in [6.45, 7) is 0. The number of nitrogens with zero attached hydrogens (tertiary/aromatic N) is 1. The van der Waals surface area contributed by atoms with Gasteiger partial charge in [0.2, 0.25) is 5.78 Å². The zero-order valence-corrected chi connectivity index (χ0v) is 12.3. The molecule has 0 bridgehead atoms. The average Bonchev–Trinajstić information content (AvgIpc) is 2.92. The van der Waals surface area contributed by atoms with Gasteiger partial charge in [-0.05, 0) is 35.9 Å². The Morgan fingerprint density at radius 3 is 2.67 bits per heavy atom. The van der Waals surface area contributed by atoms with Crippen LogP contribution in [-0.4, -0.2) is 15.8 Å². The minimum atomic E-state index is -0.197. The predicted molar refractivity (Wildman–Crippen MR) is 85.9 cm³/mol. The largest absolute Gasteiger partial charge is 0.335 e. The first-order valence-corrected chi connectivity index (χ1v) is 7.01.